The van der Waals surface area contributed by atoms with Crippen molar-refractivity contribution in [1.29, 1.82) is 0 Å². The Balaban J connectivity index is 1.22. The molecule has 8 heteroatoms. The molecule has 1 aromatic heterocycles. The minimum absolute atomic E-state index is 0.0337. The van der Waals surface area contributed by atoms with Crippen LogP contribution in [0.3, 0.4) is 0 Å². The molecule has 0 aliphatic carbocycles. The van der Waals surface area contributed by atoms with Crippen molar-refractivity contribution in [2.45, 2.75) is 31.7 Å². The number of carbonyl (C=O) groups excluding carboxylic acids is 3. The average Bonchev–Trinajstić information content (AvgIpc) is 3.21. The highest BCUT2D eigenvalue weighted by Gasteiger charge is 2.47. The zero-order valence-corrected chi connectivity index (χ0v) is 18.5. The number of amides is 4. The van der Waals surface area contributed by atoms with E-state index in [9.17, 15) is 14.4 Å². The Morgan fingerprint density at radius 3 is 2.62 bits per heavy atom. The lowest BCUT2D eigenvalue weighted by molar-refractivity contribution is -0.132. The standard InChI is InChI=1S/C24H24N4O3S/c29-22(13-6-12-21-25-18-10-4-5-11-20(18)32-21)26-14-7-15-27-19(16-26)23(30)28(24(27)31)17-8-2-1-3-9-17/h1-5,8-11,19H,6-7,12-16H2. The first kappa shape index (κ1) is 20.6. The van der Waals surface area contributed by atoms with Crippen LogP contribution in [0.4, 0.5) is 10.5 Å². The fraction of sp³-hybridized carbons (Fsp3) is 0.333. The molecule has 3 aromatic rings. The molecule has 2 saturated heterocycles. The van der Waals surface area contributed by atoms with Gasteiger partial charge in [0.15, 0.2) is 0 Å². The molecule has 2 aliphatic rings. The fourth-order valence-electron chi connectivity index (χ4n) is 4.42. The first-order valence-electron chi connectivity index (χ1n) is 10.9. The van der Waals surface area contributed by atoms with Crippen LogP contribution in [0.2, 0.25) is 0 Å². The molecular formula is C24H24N4O3S. The van der Waals surface area contributed by atoms with Gasteiger partial charge in [0.25, 0.3) is 5.91 Å². The second kappa shape index (κ2) is 8.70. The number of nitrogens with zero attached hydrogens (tertiary/aromatic N) is 4. The van der Waals surface area contributed by atoms with E-state index in [-0.39, 0.29) is 24.4 Å². The largest absolute Gasteiger partial charge is 0.340 e. The summed E-state index contributed by atoms with van der Waals surface area (Å²) in [7, 11) is 0. The molecule has 2 aromatic carbocycles. The van der Waals surface area contributed by atoms with E-state index in [2.05, 4.69) is 11.1 Å². The summed E-state index contributed by atoms with van der Waals surface area (Å²) in [6, 6.07) is 16.1. The molecule has 2 fully saturated rings. The second-order valence-corrected chi connectivity index (χ2v) is 9.24. The molecule has 1 unspecified atom stereocenters. The van der Waals surface area contributed by atoms with Crippen LogP contribution in [0.15, 0.2) is 54.6 Å². The van der Waals surface area contributed by atoms with Gasteiger partial charge in [0.05, 0.1) is 27.5 Å². The number of hydrogen-bond acceptors (Lipinski definition) is 5. The third kappa shape index (κ3) is 3.86. The molecule has 1 atom stereocenters. The van der Waals surface area contributed by atoms with E-state index in [1.807, 2.05) is 24.3 Å². The molecule has 32 heavy (non-hydrogen) atoms. The van der Waals surface area contributed by atoms with Crippen LogP contribution >= 0.6 is 11.3 Å². The number of imide groups is 1. The third-order valence-electron chi connectivity index (χ3n) is 6.03. The van der Waals surface area contributed by atoms with E-state index in [0.29, 0.717) is 38.0 Å². The summed E-state index contributed by atoms with van der Waals surface area (Å²) in [5.41, 5.74) is 1.57. The molecule has 0 saturated carbocycles. The highest BCUT2D eigenvalue weighted by Crippen LogP contribution is 2.28. The van der Waals surface area contributed by atoms with Crippen molar-refractivity contribution in [1.82, 2.24) is 14.8 Å². The molecule has 4 amide bonds. The van der Waals surface area contributed by atoms with Gasteiger partial charge in [0, 0.05) is 19.5 Å². The molecular weight excluding hydrogens is 424 g/mol. The second-order valence-electron chi connectivity index (χ2n) is 8.12. The topological polar surface area (TPSA) is 73.8 Å². The zero-order chi connectivity index (χ0) is 22.1. The molecule has 2 aliphatic heterocycles. The van der Waals surface area contributed by atoms with E-state index in [0.717, 1.165) is 21.6 Å². The van der Waals surface area contributed by atoms with Gasteiger partial charge in [-0.3, -0.25) is 9.59 Å². The minimum atomic E-state index is -0.613. The Bertz CT molecular complexity index is 1130. The van der Waals surface area contributed by atoms with E-state index in [1.165, 1.54) is 4.90 Å². The van der Waals surface area contributed by atoms with E-state index < -0.39 is 6.04 Å². The Hall–Kier alpha value is -3.26. The number of rotatable bonds is 5. The number of para-hydroxylation sites is 2. The van der Waals surface area contributed by atoms with Gasteiger partial charge < -0.3 is 9.80 Å². The number of urea groups is 1. The minimum Gasteiger partial charge on any atom is -0.340 e. The first-order valence-corrected chi connectivity index (χ1v) is 11.8. The normalized spacial score (nSPS) is 18.9. The summed E-state index contributed by atoms with van der Waals surface area (Å²) in [6.45, 7) is 1.31. The van der Waals surface area contributed by atoms with Crippen molar-refractivity contribution < 1.29 is 14.4 Å². The number of aromatic nitrogens is 1. The number of hydrogen-bond donors (Lipinski definition) is 0. The molecule has 5 rings (SSSR count). The fourth-order valence-corrected chi connectivity index (χ4v) is 5.42. The smallest absolute Gasteiger partial charge is 0.332 e. The summed E-state index contributed by atoms with van der Waals surface area (Å²) in [5, 5.41) is 1.04. The van der Waals surface area contributed by atoms with Crippen molar-refractivity contribution in [2.24, 2.45) is 0 Å². The number of anilines is 1. The number of thiazole rings is 1. The maximum absolute atomic E-state index is 13.1. The zero-order valence-electron chi connectivity index (χ0n) is 17.6. The number of benzene rings is 2. The molecule has 0 bridgehead atoms. The van der Waals surface area contributed by atoms with Crippen LogP contribution in [0.1, 0.15) is 24.3 Å². The van der Waals surface area contributed by atoms with Gasteiger partial charge in [0.1, 0.15) is 6.04 Å². The Morgan fingerprint density at radius 1 is 1.03 bits per heavy atom. The number of aryl methyl sites for hydroxylation is 1. The van der Waals surface area contributed by atoms with Crippen LogP contribution < -0.4 is 4.90 Å². The van der Waals surface area contributed by atoms with Gasteiger partial charge in [-0.1, -0.05) is 30.3 Å². The number of carbonyl (C=O) groups is 3. The molecule has 164 valence electrons. The van der Waals surface area contributed by atoms with Crippen LogP contribution in [-0.4, -0.2) is 58.3 Å². The summed E-state index contributed by atoms with van der Waals surface area (Å²) >= 11 is 1.67. The van der Waals surface area contributed by atoms with Gasteiger partial charge in [-0.05, 0) is 43.5 Å². The third-order valence-corrected chi connectivity index (χ3v) is 7.12. The monoisotopic (exact) mass is 448 g/mol. The molecule has 0 N–H and O–H groups in total. The summed E-state index contributed by atoms with van der Waals surface area (Å²) in [4.78, 5) is 48.1. The van der Waals surface area contributed by atoms with Gasteiger partial charge >= 0.3 is 6.03 Å². The molecule has 3 heterocycles. The lowest BCUT2D eigenvalue weighted by Crippen LogP contribution is -2.43. The maximum atomic E-state index is 13.1. The van der Waals surface area contributed by atoms with E-state index in [4.69, 9.17) is 0 Å². The Labute approximate surface area is 190 Å². The van der Waals surface area contributed by atoms with Crippen LogP contribution in [-0.2, 0) is 16.0 Å². The lowest BCUT2D eigenvalue weighted by atomic mass is 10.2. The Morgan fingerprint density at radius 2 is 1.81 bits per heavy atom. The van der Waals surface area contributed by atoms with Crippen molar-refractivity contribution in [3.63, 3.8) is 0 Å². The maximum Gasteiger partial charge on any atom is 0.332 e. The molecule has 0 radical (unpaired) electrons. The van der Waals surface area contributed by atoms with Crippen LogP contribution in [0.25, 0.3) is 10.2 Å². The summed E-state index contributed by atoms with van der Waals surface area (Å²) in [5.74, 6) is -0.221. The van der Waals surface area contributed by atoms with Gasteiger partial charge in [-0.25, -0.2) is 14.7 Å². The van der Waals surface area contributed by atoms with Gasteiger partial charge in [-0.2, -0.15) is 0 Å². The van der Waals surface area contributed by atoms with Gasteiger partial charge in [-0.15, -0.1) is 11.3 Å². The van der Waals surface area contributed by atoms with Crippen molar-refractivity contribution in [3.05, 3.63) is 59.6 Å². The van der Waals surface area contributed by atoms with Crippen LogP contribution in [0.5, 0.6) is 0 Å². The highest BCUT2D eigenvalue weighted by molar-refractivity contribution is 7.18. The van der Waals surface area contributed by atoms with Crippen molar-refractivity contribution in [2.75, 3.05) is 24.5 Å². The number of fused-ring (bicyclic) bond motifs is 2. The molecule has 0 spiro atoms. The predicted octanol–water partition coefficient (Wildman–Crippen LogP) is 3.69. The van der Waals surface area contributed by atoms with Gasteiger partial charge in [0.2, 0.25) is 5.91 Å². The first-order chi connectivity index (χ1) is 15.6. The highest BCUT2D eigenvalue weighted by atomic mass is 32.1. The van der Waals surface area contributed by atoms with Crippen molar-refractivity contribution >= 4 is 45.1 Å². The van der Waals surface area contributed by atoms with E-state index >= 15 is 0 Å². The van der Waals surface area contributed by atoms with E-state index in [1.54, 1.807) is 45.4 Å². The van der Waals surface area contributed by atoms with Crippen LogP contribution in [0, 0.1) is 0 Å². The summed E-state index contributed by atoms with van der Waals surface area (Å²) < 4.78 is 1.16. The quantitative estimate of drug-likeness (QED) is 0.558. The summed E-state index contributed by atoms with van der Waals surface area (Å²) in [6.07, 6.45) is 2.55. The Kier molecular flexibility index (Phi) is 5.61. The SMILES string of the molecule is O=C(CCCc1nc2ccccc2s1)N1CCCN2C(=O)N(c3ccccc3)C(=O)C2C1. The van der Waals surface area contributed by atoms with Crippen molar-refractivity contribution in [3.8, 4) is 0 Å². The lowest BCUT2D eigenvalue weighted by Gasteiger charge is -2.23. The average molecular weight is 449 g/mol. The molecule has 7 nitrogen and oxygen atoms in total. The predicted molar refractivity (Wildman–Crippen MR) is 124 cm³/mol.